The number of aliphatic hydroxyl groups excluding tert-OH is 7. The van der Waals surface area contributed by atoms with Gasteiger partial charge in [0.2, 0.25) is 0 Å². The Morgan fingerprint density at radius 1 is 0.788 bits per heavy atom. The molecular formula is C39H62O13. The molecule has 0 bridgehead atoms. The molecule has 8 aliphatic rings. The van der Waals surface area contributed by atoms with Gasteiger partial charge in [-0.05, 0) is 91.8 Å². The molecule has 3 saturated carbocycles. The highest BCUT2D eigenvalue weighted by Crippen LogP contribution is 2.70. The smallest absolute Gasteiger partial charge is 0.187 e. The number of ether oxygens (including phenoxy) is 6. The van der Waals surface area contributed by atoms with Gasteiger partial charge in [-0.25, -0.2) is 0 Å². The molecule has 7 fully saturated rings. The second-order valence-electron chi connectivity index (χ2n) is 18.3. The van der Waals surface area contributed by atoms with E-state index in [-0.39, 0.29) is 23.0 Å². The number of hydrogen-bond donors (Lipinski definition) is 7. The Labute approximate surface area is 306 Å². The first-order valence-electron chi connectivity index (χ1n) is 20.0. The molecular weight excluding hydrogens is 676 g/mol. The molecule has 296 valence electrons. The lowest BCUT2D eigenvalue weighted by atomic mass is 9.47. The second-order valence-corrected chi connectivity index (χ2v) is 18.3. The Kier molecular flexibility index (Phi) is 10.3. The van der Waals surface area contributed by atoms with Gasteiger partial charge in [-0.3, -0.25) is 0 Å². The molecule has 0 unspecified atom stereocenters. The molecule has 0 aromatic rings. The first-order chi connectivity index (χ1) is 24.7. The zero-order valence-electron chi connectivity index (χ0n) is 31.0. The molecule has 4 saturated heterocycles. The predicted molar refractivity (Wildman–Crippen MR) is 183 cm³/mol. The van der Waals surface area contributed by atoms with E-state index in [0.29, 0.717) is 41.9 Å². The van der Waals surface area contributed by atoms with Gasteiger partial charge >= 0.3 is 0 Å². The number of allylic oxidation sites excluding steroid dienone is 1. The summed E-state index contributed by atoms with van der Waals surface area (Å²) >= 11 is 0. The second kappa shape index (κ2) is 14.0. The van der Waals surface area contributed by atoms with Crippen molar-refractivity contribution in [3.63, 3.8) is 0 Å². The van der Waals surface area contributed by atoms with Crippen molar-refractivity contribution in [3.05, 3.63) is 11.6 Å². The van der Waals surface area contributed by atoms with Crippen LogP contribution in [0, 0.1) is 46.3 Å². The van der Waals surface area contributed by atoms with E-state index in [2.05, 4.69) is 33.8 Å². The van der Waals surface area contributed by atoms with Crippen LogP contribution < -0.4 is 0 Å². The van der Waals surface area contributed by atoms with Crippen LogP contribution in [0.15, 0.2) is 11.6 Å². The third kappa shape index (κ3) is 5.90. The molecule has 13 nitrogen and oxygen atoms in total. The van der Waals surface area contributed by atoms with Crippen LogP contribution in [0.2, 0.25) is 0 Å². The summed E-state index contributed by atoms with van der Waals surface area (Å²) in [5, 5.41) is 72.6. The van der Waals surface area contributed by atoms with E-state index in [1.54, 1.807) is 0 Å². The fraction of sp³-hybridized carbons (Fsp3) is 0.949. The minimum absolute atomic E-state index is 0.0289. The molecule has 0 aromatic carbocycles. The predicted octanol–water partition coefficient (Wildman–Crippen LogP) is 1.36. The average Bonchev–Trinajstić information content (AvgIpc) is 3.58. The Balaban J connectivity index is 0.964. The Bertz CT molecular complexity index is 1320. The topological polar surface area (TPSA) is 197 Å². The Morgan fingerprint density at radius 3 is 2.19 bits per heavy atom. The standard InChI is InChI=1S/C39H62O13/c1-18-7-12-39(47-17-18)19(2)28-25(52-39)14-24-22-6-5-20-13-21(8-10-37(20,3)23(22)9-11-38(24,28)4)48-36-34(32(45)30(43)27(16-41)50-36)51-35-33(46)31(44)29(42)26(15-40)49-35/h5,18-19,21-36,40-46H,6-17H2,1-4H3/t18-,19+,21+,22-,23+,24+,25+,26-,27-,28+,29-,30-,31+,32+,33-,34-,35+,36+,37+,38+,39+/m1/s1. The zero-order valence-corrected chi connectivity index (χ0v) is 31.0. The summed E-state index contributed by atoms with van der Waals surface area (Å²) in [4.78, 5) is 0. The molecule has 7 N–H and O–H groups in total. The van der Waals surface area contributed by atoms with Crippen LogP contribution >= 0.6 is 0 Å². The van der Waals surface area contributed by atoms with Crippen molar-refractivity contribution in [2.45, 2.75) is 165 Å². The lowest BCUT2D eigenvalue weighted by Gasteiger charge is -2.58. The van der Waals surface area contributed by atoms with Gasteiger partial charge < -0.3 is 64.2 Å². The molecule has 4 aliphatic heterocycles. The summed E-state index contributed by atoms with van der Waals surface area (Å²) in [6.45, 7) is 9.20. The monoisotopic (exact) mass is 738 g/mol. The summed E-state index contributed by atoms with van der Waals surface area (Å²) in [7, 11) is 0. The van der Waals surface area contributed by atoms with Gasteiger partial charge in [0.05, 0.1) is 32.0 Å². The van der Waals surface area contributed by atoms with Crippen LogP contribution in [0.4, 0.5) is 0 Å². The summed E-state index contributed by atoms with van der Waals surface area (Å²) < 4.78 is 37.4. The highest BCUT2D eigenvalue weighted by Gasteiger charge is 2.68. The molecule has 4 aliphatic carbocycles. The van der Waals surface area contributed by atoms with Crippen molar-refractivity contribution >= 4 is 0 Å². The fourth-order valence-corrected chi connectivity index (χ4v) is 12.6. The van der Waals surface area contributed by atoms with Crippen LogP contribution in [0.5, 0.6) is 0 Å². The number of rotatable bonds is 6. The van der Waals surface area contributed by atoms with Gasteiger partial charge in [0.15, 0.2) is 18.4 Å². The van der Waals surface area contributed by atoms with Crippen molar-refractivity contribution in [3.8, 4) is 0 Å². The minimum Gasteiger partial charge on any atom is -0.394 e. The van der Waals surface area contributed by atoms with Crippen molar-refractivity contribution < 1.29 is 64.2 Å². The van der Waals surface area contributed by atoms with Crippen LogP contribution in [-0.2, 0) is 28.4 Å². The summed E-state index contributed by atoms with van der Waals surface area (Å²) in [6.07, 6.45) is -3.28. The first kappa shape index (κ1) is 38.1. The average molecular weight is 739 g/mol. The maximum atomic E-state index is 11.1. The maximum Gasteiger partial charge on any atom is 0.187 e. The molecule has 21 atom stereocenters. The molecule has 0 amide bonds. The van der Waals surface area contributed by atoms with Crippen LogP contribution in [0.1, 0.15) is 85.5 Å². The first-order valence-corrected chi connectivity index (χ1v) is 20.0. The van der Waals surface area contributed by atoms with Gasteiger partial charge in [0, 0.05) is 12.3 Å². The third-order valence-corrected chi connectivity index (χ3v) is 15.6. The van der Waals surface area contributed by atoms with E-state index >= 15 is 0 Å². The minimum atomic E-state index is -1.72. The SMILES string of the molecule is C[C@@H]1CC[C@]2(OC1)O[C@H]1C[C@H]3[C@@H]4CC=C5C[C@@H](O[C@H]6O[C@H](CO)[C@@H](O)[C@H](O)[C@H]6O[C@@H]6O[C@H](CO)[C@@H](O)[C@H](O)[C@H]6O)CC[C@]5(C)[C@H]4CC[C@]3(C)[C@H]1[C@@H]2C. The van der Waals surface area contributed by atoms with Crippen LogP contribution in [-0.4, -0.2) is 135 Å². The highest BCUT2D eigenvalue weighted by molar-refractivity contribution is 5.26. The largest absolute Gasteiger partial charge is 0.394 e. The molecule has 0 radical (unpaired) electrons. The van der Waals surface area contributed by atoms with Crippen LogP contribution in [0.25, 0.3) is 0 Å². The van der Waals surface area contributed by atoms with Crippen molar-refractivity contribution in [1.29, 1.82) is 0 Å². The molecule has 1 spiro atoms. The van der Waals surface area contributed by atoms with Crippen molar-refractivity contribution in [2.24, 2.45) is 46.3 Å². The molecule has 4 heterocycles. The number of fused-ring (bicyclic) bond motifs is 7. The molecule has 8 rings (SSSR count). The van der Waals surface area contributed by atoms with Gasteiger partial charge in [-0.1, -0.05) is 39.3 Å². The summed E-state index contributed by atoms with van der Waals surface area (Å²) in [5.74, 6) is 2.83. The van der Waals surface area contributed by atoms with Gasteiger partial charge in [-0.2, -0.15) is 0 Å². The summed E-state index contributed by atoms with van der Waals surface area (Å²) in [6, 6.07) is 0. The van der Waals surface area contributed by atoms with E-state index in [1.165, 1.54) is 18.4 Å². The normalized spacial score (nSPS) is 57.5. The van der Waals surface area contributed by atoms with E-state index in [1.807, 2.05) is 0 Å². The van der Waals surface area contributed by atoms with E-state index < -0.39 is 80.4 Å². The van der Waals surface area contributed by atoms with Crippen LogP contribution in [0.3, 0.4) is 0 Å². The van der Waals surface area contributed by atoms with E-state index in [9.17, 15) is 35.7 Å². The quantitative estimate of drug-likeness (QED) is 0.193. The number of hydrogen-bond acceptors (Lipinski definition) is 13. The third-order valence-electron chi connectivity index (χ3n) is 15.6. The summed E-state index contributed by atoms with van der Waals surface area (Å²) in [5.41, 5.74) is 1.63. The van der Waals surface area contributed by atoms with Gasteiger partial charge in [0.25, 0.3) is 0 Å². The number of aliphatic hydroxyl groups is 7. The zero-order chi connectivity index (χ0) is 36.9. The van der Waals surface area contributed by atoms with Gasteiger partial charge in [0.1, 0.15) is 48.8 Å². The fourth-order valence-electron chi connectivity index (χ4n) is 12.6. The van der Waals surface area contributed by atoms with E-state index in [4.69, 9.17) is 28.4 Å². The Morgan fingerprint density at radius 2 is 1.50 bits per heavy atom. The highest BCUT2D eigenvalue weighted by atomic mass is 16.8. The Hall–Kier alpha value is -0.780. The lowest BCUT2D eigenvalue weighted by molar-refractivity contribution is -0.372. The molecule has 13 heteroatoms. The lowest BCUT2D eigenvalue weighted by Crippen LogP contribution is -2.65. The van der Waals surface area contributed by atoms with Gasteiger partial charge in [-0.15, -0.1) is 0 Å². The molecule has 0 aromatic heterocycles. The maximum absolute atomic E-state index is 11.1. The van der Waals surface area contributed by atoms with Crippen molar-refractivity contribution in [2.75, 3.05) is 19.8 Å². The molecule has 52 heavy (non-hydrogen) atoms. The van der Waals surface area contributed by atoms with E-state index in [0.717, 1.165) is 45.1 Å². The van der Waals surface area contributed by atoms with Crippen molar-refractivity contribution in [1.82, 2.24) is 0 Å².